The molecule has 2 aliphatic rings. The van der Waals surface area contributed by atoms with Crippen LogP contribution in [-0.2, 0) is 4.74 Å². The second-order valence-corrected chi connectivity index (χ2v) is 6.44. The van der Waals surface area contributed by atoms with Crippen LogP contribution in [0.25, 0.3) is 10.9 Å². The SMILES string of the molecule is CNC(c1ccc2nc(C)ccc2c1)C1CC2CCC1O2. The first kappa shape index (κ1) is 13.2. The summed E-state index contributed by atoms with van der Waals surface area (Å²) in [4.78, 5) is 4.59. The highest BCUT2D eigenvalue weighted by atomic mass is 16.5. The molecule has 21 heavy (non-hydrogen) atoms. The molecule has 0 saturated carbocycles. The molecule has 1 N–H and O–H groups in total. The zero-order valence-corrected chi connectivity index (χ0v) is 12.7. The van der Waals surface area contributed by atoms with Crippen molar-refractivity contribution in [1.82, 2.24) is 10.3 Å². The molecule has 2 aliphatic heterocycles. The highest BCUT2D eigenvalue weighted by Crippen LogP contribution is 2.44. The third kappa shape index (κ3) is 2.25. The zero-order valence-electron chi connectivity index (χ0n) is 12.7. The van der Waals surface area contributed by atoms with Crippen molar-refractivity contribution in [3.05, 3.63) is 41.6 Å². The van der Waals surface area contributed by atoms with Gasteiger partial charge in [-0.2, -0.15) is 0 Å². The second-order valence-electron chi connectivity index (χ2n) is 6.44. The molecule has 2 saturated heterocycles. The molecule has 0 radical (unpaired) electrons. The van der Waals surface area contributed by atoms with E-state index in [0.717, 1.165) is 11.2 Å². The highest BCUT2D eigenvalue weighted by Gasteiger charge is 2.44. The van der Waals surface area contributed by atoms with Crippen LogP contribution in [0.15, 0.2) is 30.3 Å². The van der Waals surface area contributed by atoms with Crippen LogP contribution in [0.1, 0.15) is 36.6 Å². The molecular formula is C18H22N2O. The van der Waals surface area contributed by atoms with E-state index >= 15 is 0 Å². The minimum Gasteiger partial charge on any atom is -0.375 e. The Balaban J connectivity index is 1.68. The number of hydrogen-bond donors (Lipinski definition) is 1. The maximum atomic E-state index is 6.04. The number of fused-ring (bicyclic) bond motifs is 3. The molecule has 0 amide bonds. The van der Waals surface area contributed by atoms with E-state index in [1.54, 1.807) is 0 Å². The minimum atomic E-state index is 0.381. The Hall–Kier alpha value is -1.45. The van der Waals surface area contributed by atoms with Crippen LogP contribution < -0.4 is 5.32 Å². The first-order valence-corrected chi connectivity index (χ1v) is 7.94. The number of benzene rings is 1. The molecule has 4 unspecified atom stereocenters. The number of nitrogens with one attached hydrogen (secondary N) is 1. The van der Waals surface area contributed by atoms with Crippen molar-refractivity contribution in [1.29, 1.82) is 0 Å². The lowest BCUT2D eigenvalue weighted by Gasteiger charge is -2.28. The monoisotopic (exact) mass is 282 g/mol. The van der Waals surface area contributed by atoms with E-state index in [9.17, 15) is 0 Å². The molecule has 2 bridgehead atoms. The van der Waals surface area contributed by atoms with E-state index in [1.807, 2.05) is 6.92 Å². The second kappa shape index (κ2) is 5.08. The Morgan fingerprint density at radius 2 is 2.14 bits per heavy atom. The molecule has 4 rings (SSSR count). The van der Waals surface area contributed by atoms with Crippen molar-refractivity contribution in [2.75, 3.05) is 7.05 Å². The Kier molecular flexibility index (Phi) is 3.20. The Labute approximate surface area is 125 Å². The summed E-state index contributed by atoms with van der Waals surface area (Å²) in [5.74, 6) is 0.601. The van der Waals surface area contributed by atoms with E-state index in [1.165, 1.54) is 30.2 Å². The molecule has 4 atom stereocenters. The lowest BCUT2D eigenvalue weighted by Crippen LogP contribution is -2.31. The molecular weight excluding hydrogens is 260 g/mol. The average Bonchev–Trinajstić information content (AvgIpc) is 3.11. The predicted molar refractivity (Wildman–Crippen MR) is 84.3 cm³/mol. The maximum absolute atomic E-state index is 6.04. The van der Waals surface area contributed by atoms with Crippen LogP contribution >= 0.6 is 0 Å². The fourth-order valence-corrected chi connectivity index (χ4v) is 4.10. The lowest BCUT2D eigenvalue weighted by atomic mass is 9.81. The van der Waals surface area contributed by atoms with Gasteiger partial charge in [-0.1, -0.05) is 12.1 Å². The van der Waals surface area contributed by atoms with Gasteiger partial charge in [0.25, 0.3) is 0 Å². The van der Waals surface area contributed by atoms with Crippen LogP contribution in [0.5, 0.6) is 0 Å². The number of aryl methyl sites for hydroxylation is 1. The van der Waals surface area contributed by atoms with Crippen LogP contribution in [0, 0.1) is 12.8 Å². The van der Waals surface area contributed by atoms with Crippen molar-refractivity contribution < 1.29 is 4.74 Å². The third-order valence-corrected chi connectivity index (χ3v) is 5.10. The normalized spacial score (nSPS) is 29.1. The fraction of sp³-hybridized carbons (Fsp3) is 0.500. The number of pyridine rings is 1. The molecule has 3 heteroatoms. The Bertz CT molecular complexity index is 669. The van der Waals surface area contributed by atoms with Gasteiger partial charge in [-0.05, 0) is 57.0 Å². The minimum absolute atomic E-state index is 0.381. The fourth-order valence-electron chi connectivity index (χ4n) is 4.10. The quantitative estimate of drug-likeness (QED) is 0.937. The van der Waals surface area contributed by atoms with E-state index in [4.69, 9.17) is 4.74 Å². The summed E-state index contributed by atoms with van der Waals surface area (Å²) < 4.78 is 6.04. The van der Waals surface area contributed by atoms with Gasteiger partial charge in [0, 0.05) is 23.0 Å². The molecule has 110 valence electrons. The summed E-state index contributed by atoms with van der Waals surface area (Å²) in [5.41, 5.74) is 3.51. The third-order valence-electron chi connectivity index (χ3n) is 5.10. The first-order chi connectivity index (χ1) is 10.2. The number of aromatic nitrogens is 1. The van der Waals surface area contributed by atoms with Crippen LogP contribution in [0.2, 0.25) is 0 Å². The molecule has 2 aromatic rings. The van der Waals surface area contributed by atoms with E-state index in [0.29, 0.717) is 24.2 Å². The largest absolute Gasteiger partial charge is 0.375 e. The van der Waals surface area contributed by atoms with E-state index < -0.39 is 0 Å². The molecule has 1 aromatic heterocycles. The smallest absolute Gasteiger partial charge is 0.0705 e. The summed E-state index contributed by atoms with van der Waals surface area (Å²) >= 11 is 0. The summed E-state index contributed by atoms with van der Waals surface area (Å²) in [5, 5.41) is 4.75. The number of hydrogen-bond acceptors (Lipinski definition) is 3. The molecule has 0 spiro atoms. The summed E-state index contributed by atoms with van der Waals surface area (Å²) in [6.45, 7) is 2.04. The molecule has 3 nitrogen and oxygen atoms in total. The van der Waals surface area contributed by atoms with Gasteiger partial charge in [0.15, 0.2) is 0 Å². The molecule has 3 heterocycles. The molecule has 0 aliphatic carbocycles. The van der Waals surface area contributed by atoms with Crippen molar-refractivity contribution in [3.8, 4) is 0 Å². The molecule has 2 fully saturated rings. The van der Waals surface area contributed by atoms with Gasteiger partial charge in [0.05, 0.1) is 17.7 Å². The van der Waals surface area contributed by atoms with Gasteiger partial charge in [0.1, 0.15) is 0 Å². The van der Waals surface area contributed by atoms with Gasteiger partial charge in [-0.3, -0.25) is 4.98 Å². The van der Waals surface area contributed by atoms with Gasteiger partial charge in [-0.15, -0.1) is 0 Å². The van der Waals surface area contributed by atoms with Gasteiger partial charge in [0.2, 0.25) is 0 Å². The number of ether oxygens (including phenoxy) is 1. The van der Waals surface area contributed by atoms with Crippen molar-refractivity contribution in [2.45, 2.75) is 44.4 Å². The van der Waals surface area contributed by atoms with E-state index in [-0.39, 0.29) is 0 Å². The van der Waals surface area contributed by atoms with Crippen molar-refractivity contribution in [2.24, 2.45) is 5.92 Å². The Morgan fingerprint density at radius 1 is 1.24 bits per heavy atom. The van der Waals surface area contributed by atoms with Crippen LogP contribution in [-0.4, -0.2) is 24.2 Å². The average molecular weight is 282 g/mol. The summed E-state index contributed by atoms with van der Waals surface area (Å²) in [7, 11) is 2.06. The molecule has 1 aromatic carbocycles. The standard InChI is InChI=1S/C18H22N2O/c1-11-3-4-12-9-13(5-7-16(12)20-11)18(19-2)15-10-14-6-8-17(15)21-14/h3-5,7,9,14-15,17-19H,6,8,10H2,1-2H3. The van der Waals surface area contributed by atoms with Gasteiger partial charge in [-0.25, -0.2) is 0 Å². The number of nitrogens with zero attached hydrogens (tertiary/aromatic N) is 1. The lowest BCUT2D eigenvalue weighted by molar-refractivity contribution is 0.0863. The summed E-state index contributed by atoms with van der Waals surface area (Å²) in [6.07, 6.45) is 4.61. The first-order valence-electron chi connectivity index (χ1n) is 7.94. The summed E-state index contributed by atoms with van der Waals surface area (Å²) in [6, 6.07) is 11.3. The van der Waals surface area contributed by atoms with Crippen LogP contribution in [0.3, 0.4) is 0 Å². The van der Waals surface area contributed by atoms with Crippen molar-refractivity contribution >= 4 is 10.9 Å². The topological polar surface area (TPSA) is 34.2 Å². The zero-order chi connectivity index (χ0) is 14.4. The van der Waals surface area contributed by atoms with Crippen molar-refractivity contribution in [3.63, 3.8) is 0 Å². The van der Waals surface area contributed by atoms with Gasteiger partial charge >= 0.3 is 0 Å². The Morgan fingerprint density at radius 3 is 2.86 bits per heavy atom. The maximum Gasteiger partial charge on any atom is 0.0705 e. The van der Waals surface area contributed by atoms with E-state index in [2.05, 4.69) is 47.7 Å². The van der Waals surface area contributed by atoms with Crippen LogP contribution in [0.4, 0.5) is 0 Å². The van der Waals surface area contributed by atoms with Gasteiger partial charge < -0.3 is 10.1 Å². The predicted octanol–water partition coefficient (Wildman–Crippen LogP) is 3.37. The number of rotatable bonds is 3. The highest BCUT2D eigenvalue weighted by molar-refractivity contribution is 5.79.